The number of hydrogen-bond acceptors (Lipinski definition) is 6. The van der Waals surface area contributed by atoms with Crippen molar-refractivity contribution >= 4 is 19.4 Å². The number of aromatic nitrogens is 2. The third-order valence-corrected chi connectivity index (χ3v) is 10.9. The third kappa shape index (κ3) is 6.95. The molecule has 1 aromatic heterocycles. The molecule has 240 valence electrons. The molecule has 0 amide bonds. The molecule has 1 fully saturated rings. The molecule has 0 aliphatic carbocycles. The summed E-state index contributed by atoms with van der Waals surface area (Å²) >= 11 is -0.173. The van der Waals surface area contributed by atoms with Crippen LogP contribution in [0.5, 0.6) is 5.75 Å². The van der Waals surface area contributed by atoms with Gasteiger partial charge in [0.15, 0.2) is 0 Å². The number of rotatable bonds is 13. The molecule has 0 radical (unpaired) electrons. The number of nitrogens with zero attached hydrogens (tertiary/aromatic N) is 1. The summed E-state index contributed by atoms with van der Waals surface area (Å²) in [6.07, 6.45) is 1.48. The van der Waals surface area contributed by atoms with Gasteiger partial charge in [0.25, 0.3) is 0 Å². The van der Waals surface area contributed by atoms with Gasteiger partial charge in [0.1, 0.15) is 0 Å². The summed E-state index contributed by atoms with van der Waals surface area (Å²) in [5.41, 5.74) is 0.766. The van der Waals surface area contributed by atoms with E-state index in [-0.39, 0.29) is 26.4 Å². The topological polar surface area (TPSA) is 91.8 Å². The van der Waals surface area contributed by atoms with Crippen LogP contribution in [0.25, 0.3) is 0 Å². The minimum atomic E-state index is -1.02. The molecule has 8 nitrogen and oxygen atoms in total. The fourth-order valence-corrected chi connectivity index (χ4v) is 8.77. The molecule has 9 heteroatoms. The first-order valence-electron chi connectivity index (χ1n) is 15.3. The van der Waals surface area contributed by atoms with Crippen molar-refractivity contribution in [3.63, 3.8) is 0 Å². The number of ether oxygens (including phenoxy) is 4. The van der Waals surface area contributed by atoms with Crippen molar-refractivity contribution < 1.29 is 18.9 Å². The van der Waals surface area contributed by atoms with Crippen LogP contribution in [-0.2, 0) is 19.8 Å². The van der Waals surface area contributed by atoms with Crippen LogP contribution < -0.4 is 20.4 Å². The fraction of sp³-hybridized carbons (Fsp3) is 0.211. The summed E-state index contributed by atoms with van der Waals surface area (Å²) in [5, 5.41) is 0. The van der Waals surface area contributed by atoms with Crippen molar-refractivity contribution in [3.8, 4) is 5.75 Å². The molecule has 4 atom stereocenters. The SMILES string of the molecule is C=CCO[C@H]1[C@@H]([Se]c2ccccc2)[C@H](n2ccc(=O)[nH]c2=O)O[C@@H]1COC(c1ccccc1)(c1ccccc1)c1ccc(OC)cc1. The molecular weight excluding hydrogens is 659 g/mol. The second-order valence-electron chi connectivity index (χ2n) is 11.0. The van der Waals surface area contributed by atoms with E-state index in [4.69, 9.17) is 18.9 Å². The monoisotopic (exact) mass is 696 g/mol. The standard InChI is InChI=1S/C38H36N2O6Se/c1-3-25-44-34-32(46-36(40-24-23-33(41)39-37(40)42)35(34)47-31-17-11-6-12-18-31)26-45-38(27-13-7-4-8-14-27,28-15-9-5-10-16-28)29-19-21-30(43-2)22-20-29/h3-24,32,34-36H,1,25-26H2,2H3,(H,39,41,42)/t32-,34-,35-,36-/m1/s1. The Bertz CT molecular complexity index is 1820. The van der Waals surface area contributed by atoms with Crippen molar-refractivity contribution in [2.24, 2.45) is 0 Å². The quantitative estimate of drug-likeness (QED) is 0.108. The Labute approximate surface area is 279 Å². The summed E-state index contributed by atoms with van der Waals surface area (Å²) in [4.78, 5) is 27.3. The minimum absolute atomic E-state index is 0.133. The maximum absolute atomic E-state index is 13.1. The summed E-state index contributed by atoms with van der Waals surface area (Å²) in [6, 6.07) is 39.5. The van der Waals surface area contributed by atoms with Gasteiger partial charge >= 0.3 is 281 Å². The van der Waals surface area contributed by atoms with Gasteiger partial charge in [-0.3, -0.25) is 0 Å². The molecule has 5 aromatic rings. The molecule has 1 saturated heterocycles. The zero-order valence-corrected chi connectivity index (χ0v) is 27.7. The molecule has 0 bridgehead atoms. The third-order valence-electron chi connectivity index (χ3n) is 8.15. The summed E-state index contributed by atoms with van der Waals surface area (Å²) in [6.45, 7) is 4.30. The number of aromatic amines is 1. The van der Waals surface area contributed by atoms with Crippen molar-refractivity contribution in [1.82, 2.24) is 9.55 Å². The van der Waals surface area contributed by atoms with Crippen LogP contribution in [0.3, 0.4) is 0 Å². The molecule has 0 saturated carbocycles. The van der Waals surface area contributed by atoms with E-state index < -0.39 is 35.3 Å². The maximum atomic E-state index is 13.1. The van der Waals surface area contributed by atoms with Gasteiger partial charge in [0, 0.05) is 0 Å². The van der Waals surface area contributed by atoms with Gasteiger partial charge in [-0.25, -0.2) is 0 Å². The fourth-order valence-electron chi connectivity index (χ4n) is 5.98. The Hall–Kier alpha value is -4.50. The van der Waals surface area contributed by atoms with E-state index in [1.165, 1.54) is 16.8 Å². The summed E-state index contributed by atoms with van der Waals surface area (Å²) < 4.78 is 28.5. The van der Waals surface area contributed by atoms with E-state index in [2.05, 4.69) is 48.0 Å². The average molecular weight is 696 g/mol. The Morgan fingerprint density at radius 2 is 1.45 bits per heavy atom. The second-order valence-corrected chi connectivity index (χ2v) is 13.6. The van der Waals surface area contributed by atoms with Gasteiger partial charge in [0.2, 0.25) is 0 Å². The van der Waals surface area contributed by atoms with Crippen LogP contribution in [0.1, 0.15) is 22.9 Å². The van der Waals surface area contributed by atoms with Gasteiger partial charge in [-0.05, 0) is 0 Å². The number of nitrogens with one attached hydrogen (secondary N) is 1. The van der Waals surface area contributed by atoms with Gasteiger partial charge < -0.3 is 0 Å². The number of methoxy groups -OCH3 is 1. The van der Waals surface area contributed by atoms with Crippen LogP contribution in [0, 0.1) is 0 Å². The normalized spacial score (nSPS) is 19.3. The van der Waals surface area contributed by atoms with Crippen molar-refractivity contribution in [2.75, 3.05) is 20.3 Å². The molecule has 0 unspecified atom stereocenters. The second kappa shape index (κ2) is 14.9. The zero-order valence-electron chi connectivity index (χ0n) is 25.9. The Kier molecular flexibility index (Phi) is 10.3. The summed E-state index contributed by atoms with van der Waals surface area (Å²) in [7, 11) is 1.64. The van der Waals surface area contributed by atoms with Crippen molar-refractivity contribution in [1.29, 1.82) is 0 Å². The molecular formula is C38H36N2O6Se. The first-order valence-corrected chi connectivity index (χ1v) is 17.2. The van der Waals surface area contributed by atoms with E-state index in [9.17, 15) is 9.59 Å². The van der Waals surface area contributed by atoms with E-state index in [0.29, 0.717) is 6.61 Å². The number of benzene rings is 4. The Morgan fingerprint density at radius 1 is 0.851 bits per heavy atom. The van der Waals surface area contributed by atoms with E-state index in [1.807, 2.05) is 78.9 Å². The predicted octanol–water partition coefficient (Wildman–Crippen LogP) is 4.84. The predicted molar refractivity (Wildman–Crippen MR) is 182 cm³/mol. The van der Waals surface area contributed by atoms with Gasteiger partial charge in [0.05, 0.1) is 0 Å². The van der Waals surface area contributed by atoms with Gasteiger partial charge in [-0.15, -0.1) is 0 Å². The van der Waals surface area contributed by atoms with Gasteiger partial charge in [-0.2, -0.15) is 0 Å². The van der Waals surface area contributed by atoms with E-state index in [1.54, 1.807) is 13.2 Å². The van der Waals surface area contributed by atoms with Crippen LogP contribution >= 0.6 is 0 Å². The molecule has 1 N–H and O–H groups in total. The molecule has 0 spiro atoms. The van der Waals surface area contributed by atoms with Crippen LogP contribution in [-0.4, -0.2) is 57.0 Å². The van der Waals surface area contributed by atoms with Gasteiger partial charge in [-0.1, -0.05) is 0 Å². The molecule has 1 aliphatic rings. The molecule has 47 heavy (non-hydrogen) atoms. The first-order chi connectivity index (χ1) is 23.0. The Morgan fingerprint density at radius 3 is 2.02 bits per heavy atom. The zero-order chi connectivity index (χ0) is 32.6. The number of H-pyrrole nitrogens is 1. The molecule has 6 rings (SSSR count). The van der Waals surface area contributed by atoms with E-state index >= 15 is 0 Å². The molecule has 2 heterocycles. The molecule has 1 aliphatic heterocycles. The van der Waals surface area contributed by atoms with Crippen molar-refractivity contribution in [3.05, 3.63) is 178 Å². The average Bonchev–Trinajstić information content (AvgIpc) is 3.45. The van der Waals surface area contributed by atoms with Crippen LogP contribution in [0.2, 0.25) is 4.82 Å². The van der Waals surface area contributed by atoms with Crippen LogP contribution in [0.15, 0.2) is 150 Å². The number of hydrogen-bond donors (Lipinski definition) is 1. The van der Waals surface area contributed by atoms with Crippen LogP contribution in [0.4, 0.5) is 0 Å². The van der Waals surface area contributed by atoms with Crippen molar-refractivity contribution in [2.45, 2.75) is 28.9 Å². The Balaban J connectivity index is 1.44. The first kappa shape index (κ1) is 32.4. The molecule has 4 aromatic carbocycles. The summed E-state index contributed by atoms with van der Waals surface area (Å²) in [5.74, 6) is 0.737. The van der Waals surface area contributed by atoms with E-state index in [0.717, 1.165) is 26.9 Å².